The molecular formula is C11H25N3O2. The summed E-state index contributed by atoms with van der Waals surface area (Å²) in [5.41, 5.74) is 10.7. The summed E-state index contributed by atoms with van der Waals surface area (Å²) in [4.78, 5) is 11.3. The Bertz CT molecular complexity index is 214. The molecule has 5 N–H and O–H groups in total. The average Bonchev–Trinajstić information content (AvgIpc) is 2.12. The van der Waals surface area contributed by atoms with Crippen LogP contribution in [0.2, 0.25) is 0 Å². The topological polar surface area (TPSA) is 90.4 Å². The van der Waals surface area contributed by atoms with E-state index in [4.69, 9.17) is 16.2 Å². The number of alkyl carbamates (subject to hydrolysis) is 1. The van der Waals surface area contributed by atoms with E-state index in [1.54, 1.807) is 0 Å². The van der Waals surface area contributed by atoms with Gasteiger partial charge in [-0.15, -0.1) is 0 Å². The summed E-state index contributed by atoms with van der Waals surface area (Å²) < 4.78 is 5.11. The largest absolute Gasteiger partial charge is 0.444 e. The number of carbonyl (C=O) groups excluding carboxylic acids is 1. The zero-order valence-electron chi connectivity index (χ0n) is 10.7. The van der Waals surface area contributed by atoms with E-state index in [9.17, 15) is 4.79 Å². The Kier molecular flexibility index (Phi) is 6.36. The lowest BCUT2D eigenvalue weighted by Crippen LogP contribution is -2.37. The van der Waals surface area contributed by atoms with Gasteiger partial charge in [0.15, 0.2) is 0 Å². The van der Waals surface area contributed by atoms with Gasteiger partial charge in [0.1, 0.15) is 5.60 Å². The summed E-state index contributed by atoms with van der Waals surface area (Å²) in [6.45, 7) is 8.55. The van der Waals surface area contributed by atoms with Gasteiger partial charge in [-0.2, -0.15) is 0 Å². The van der Waals surface area contributed by atoms with Crippen molar-refractivity contribution in [1.29, 1.82) is 0 Å². The summed E-state index contributed by atoms with van der Waals surface area (Å²) in [6, 6.07) is -0.00423. The van der Waals surface area contributed by atoms with Crippen LogP contribution in [0.1, 0.15) is 34.1 Å². The van der Waals surface area contributed by atoms with Crippen molar-refractivity contribution >= 4 is 6.09 Å². The molecule has 0 saturated heterocycles. The highest BCUT2D eigenvalue weighted by Crippen LogP contribution is 2.07. The fraction of sp³-hybridized carbons (Fsp3) is 0.909. The fourth-order valence-electron chi connectivity index (χ4n) is 1.27. The SMILES string of the molecule is CC(CNC(=O)OC(C)(C)C)C[C@H](N)CN. The van der Waals surface area contributed by atoms with Gasteiger partial charge in [-0.05, 0) is 33.1 Å². The summed E-state index contributed by atoms with van der Waals surface area (Å²) in [6.07, 6.45) is 0.410. The number of amides is 1. The van der Waals surface area contributed by atoms with Crippen LogP contribution in [0.3, 0.4) is 0 Å². The predicted octanol–water partition coefficient (Wildman–Crippen LogP) is 0.823. The Balaban J connectivity index is 3.75. The van der Waals surface area contributed by atoms with E-state index < -0.39 is 5.60 Å². The van der Waals surface area contributed by atoms with Crippen molar-refractivity contribution in [2.75, 3.05) is 13.1 Å². The molecule has 0 radical (unpaired) electrons. The van der Waals surface area contributed by atoms with Crippen molar-refractivity contribution in [3.05, 3.63) is 0 Å². The smallest absolute Gasteiger partial charge is 0.407 e. The molecular weight excluding hydrogens is 206 g/mol. The highest BCUT2D eigenvalue weighted by molar-refractivity contribution is 5.67. The number of hydrogen-bond donors (Lipinski definition) is 3. The van der Waals surface area contributed by atoms with Gasteiger partial charge in [0, 0.05) is 19.1 Å². The molecule has 0 saturated carbocycles. The third kappa shape index (κ3) is 8.49. The first kappa shape index (κ1) is 15.2. The van der Waals surface area contributed by atoms with Gasteiger partial charge in [0.25, 0.3) is 0 Å². The molecule has 0 bridgehead atoms. The maximum Gasteiger partial charge on any atom is 0.407 e. The van der Waals surface area contributed by atoms with Crippen LogP contribution in [0, 0.1) is 5.92 Å². The number of ether oxygens (including phenoxy) is 1. The van der Waals surface area contributed by atoms with Crippen molar-refractivity contribution in [3.8, 4) is 0 Å². The second-order valence-corrected chi connectivity index (χ2v) is 5.22. The maximum atomic E-state index is 11.3. The average molecular weight is 231 g/mol. The van der Waals surface area contributed by atoms with Crippen LogP contribution >= 0.6 is 0 Å². The highest BCUT2D eigenvalue weighted by atomic mass is 16.6. The Morgan fingerprint density at radius 1 is 1.44 bits per heavy atom. The molecule has 16 heavy (non-hydrogen) atoms. The molecule has 5 nitrogen and oxygen atoms in total. The quantitative estimate of drug-likeness (QED) is 0.653. The summed E-state index contributed by atoms with van der Waals surface area (Å²) in [5.74, 6) is 0.297. The minimum Gasteiger partial charge on any atom is -0.444 e. The first-order valence-corrected chi connectivity index (χ1v) is 5.67. The zero-order chi connectivity index (χ0) is 12.8. The van der Waals surface area contributed by atoms with Crippen molar-refractivity contribution in [3.63, 3.8) is 0 Å². The van der Waals surface area contributed by atoms with E-state index in [-0.39, 0.29) is 12.1 Å². The molecule has 0 rings (SSSR count). The standard InChI is InChI=1S/C11H25N3O2/c1-8(5-9(13)6-12)7-14-10(15)16-11(2,3)4/h8-9H,5-7,12-13H2,1-4H3,(H,14,15)/t8?,9-/m0/s1. The molecule has 1 unspecified atom stereocenters. The number of nitrogens with two attached hydrogens (primary N) is 2. The molecule has 96 valence electrons. The third-order valence-electron chi connectivity index (χ3n) is 2.00. The van der Waals surface area contributed by atoms with E-state index in [2.05, 4.69) is 5.32 Å². The Morgan fingerprint density at radius 3 is 2.44 bits per heavy atom. The zero-order valence-corrected chi connectivity index (χ0v) is 10.7. The first-order valence-electron chi connectivity index (χ1n) is 5.67. The molecule has 0 aliphatic rings. The van der Waals surface area contributed by atoms with Crippen molar-refractivity contribution in [2.24, 2.45) is 17.4 Å². The molecule has 5 heteroatoms. The van der Waals surface area contributed by atoms with Crippen LogP contribution < -0.4 is 16.8 Å². The lowest BCUT2D eigenvalue weighted by atomic mass is 10.0. The van der Waals surface area contributed by atoms with E-state index in [1.165, 1.54) is 0 Å². The Morgan fingerprint density at radius 2 is 2.00 bits per heavy atom. The Labute approximate surface area is 97.9 Å². The normalized spacial score (nSPS) is 15.4. The monoisotopic (exact) mass is 231 g/mol. The minimum atomic E-state index is -0.457. The molecule has 0 aromatic heterocycles. The molecule has 0 spiro atoms. The summed E-state index contributed by atoms with van der Waals surface area (Å²) in [5, 5.41) is 2.71. The van der Waals surface area contributed by atoms with Gasteiger partial charge in [0.2, 0.25) is 0 Å². The van der Waals surface area contributed by atoms with Gasteiger partial charge in [-0.1, -0.05) is 6.92 Å². The molecule has 0 aromatic rings. The van der Waals surface area contributed by atoms with E-state index in [1.807, 2.05) is 27.7 Å². The Hall–Kier alpha value is -0.810. The first-order chi connectivity index (χ1) is 7.24. The molecule has 0 heterocycles. The van der Waals surface area contributed by atoms with E-state index >= 15 is 0 Å². The number of rotatable bonds is 5. The van der Waals surface area contributed by atoms with Crippen LogP contribution in [0.15, 0.2) is 0 Å². The van der Waals surface area contributed by atoms with Gasteiger partial charge >= 0.3 is 6.09 Å². The molecule has 1 amide bonds. The fourth-order valence-corrected chi connectivity index (χ4v) is 1.27. The maximum absolute atomic E-state index is 11.3. The van der Waals surface area contributed by atoms with Gasteiger partial charge < -0.3 is 21.5 Å². The third-order valence-corrected chi connectivity index (χ3v) is 2.00. The second-order valence-electron chi connectivity index (χ2n) is 5.22. The van der Waals surface area contributed by atoms with Gasteiger partial charge in [-0.3, -0.25) is 0 Å². The second kappa shape index (κ2) is 6.70. The van der Waals surface area contributed by atoms with Crippen LogP contribution in [-0.4, -0.2) is 30.8 Å². The predicted molar refractivity (Wildman–Crippen MR) is 65.0 cm³/mol. The van der Waals surface area contributed by atoms with E-state index in [0.717, 1.165) is 6.42 Å². The van der Waals surface area contributed by atoms with Gasteiger partial charge in [-0.25, -0.2) is 4.79 Å². The lowest BCUT2D eigenvalue weighted by molar-refractivity contribution is 0.0519. The molecule has 0 aliphatic carbocycles. The van der Waals surface area contributed by atoms with Crippen LogP contribution in [0.4, 0.5) is 4.79 Å². The van der Waals surface area contributed by atoms with Crippen molar-refractivity contribution in [1.82, 2.24) is 5.32 Å². The molecule has 2 atom stereocenters. The van der Waals surface area contributed by atoms with Gasteiger partial charge in [0.05, 0.1) is 0 Å². The summed E-state index contributed by atoms with van der Waals surface area (Å²) >= 11 is 0. The molecule has 0 aromatic carbocycles. The van der Waals surface area contributed by atoms with E-state index in [0.29, 0.717) is 19.0 Å². The molecule has 0 fully saturated rings. The van der Waals surface area contributed by atoms with Crippen LogP contribution in [0.5, 0.6) is 0 Å². The number of nitrogens with one attached hydrogen (secondary N) is 1. The minimum absolute atomic E-state index is 0.00423. The highest BCUT2D eigenvalue weighted by Gasteiger charge is 2.16. The number of carbonyl (C=O) groups is 1. The van der Waals surface area contributed by atoms with Crippen molar-refractivity contribution in [2.45, 2.75) is 45.8 Å². The number of hydrogen-bond acceptors (Lipinski definition) is 4. The molecule has 0 aliphatic heterocycles. The van der Waals surface area contributed by atoms with Crippen LogP contribution in [0.25, 0.3) is 0 Å². The summed E-state index contributed by atoms with van der Waals surface area (Å²) in [7, 11) is 0. The van der Waals surface area contributed by atoms with Crippen molar-refractivity contribution < 1.29 is 9.53 Å². The van der Waals surface area contributed by atoms with Crippen LogP contribution in [-0.2, 0) is 4.74 Å². The lowest BCUT2D eigenvalue weighted by Gasteiger charge is -2.21.